The molecule has 1 aromatic carbocycles. The van der Waals surface area contributed by atoms with Crippen molar-refractivity contribution in [3.8, 4) is 0 Å². The summed E-state index contributed by atoms with van der Waals surface area (Å²) in [5.74, 6) is -0.520. The Labute approximate surface area is 195 Å². The molecule has 1 fully saturated rings. The predicted octanol–water partition coefficient (Wildman–Crippen LogP) is 3.42. The number of nitrogens with one attached hydrogen (secondary N) is 2. The van der Waals surface area contributed by atoms with Gasteiger partial charge in [0.15, 0.2) is 0 Å². The Kier molecular flexibility index (Phi) is 7.25. The molecule has 2 aromatic rings. The van der Waals surface area contributed by atoms with Crippen LogP contribution in [0.3, 0.4) is 0 Å². The monoisotopic (exact) mass is 454 g/mol. The van der Waals surface area contributed by atoms with Crippen molar-refractivity contribution in [2.24, 2.45) is 5.92 Å². The lowest BCUT2D eigenvalue weighted by Gasteiger charge is -2.37. The molecule has 3 rings (SSSR count). The number of carbonyl (C=O) groups excluding carboxylic acids is 3. The highest BCUT2D eigenvalue weighted by Crippen LogP contribution is 2.27. The number of hydrogen-bond donors (Lipinski definition) is 2. The molecule has 3 atom stereocenters. The summed E-state index contributed by atoms with van der Waals surface area (Å²) in [5.41, 5.74) is 0.791. The molecular weight excluding hydrogens is 420 g/mol. The summed E-state index contributed by atoms with van der Waals surface area (Å²) in [6.45, 7) is 7.38. The van der Waals surface area contributed by atoms with Crippen molar-refractivity contribution >= 4 is 28.7 Å². The molecule has 1 aliphatic carbocycles. The smallest absolute Gasteiger partial charge is 0.407 e. The summed E-state index contributed by atoms with van der Waals surface area (Å²) in [7, 11) is 3.44. The van der Waals surface area contributed by atoms with Crippen molar-refractivity contribution < 1.29 is 19.1 Å². The van der Waals surface area contributed by atoms with Crippen LogP contribution in [0.25, 0.3) is 10.8 Å². The number of alkyl carbamates (subject to hydrolysis) is 1. The summed E-state index contributed by atoms with van der Waals surface area (Å²) in [4.78, 5) is 43.9. The molecule has 0 aliphatic heterocycles. The molecule has 0 unspecified atom stereocenters. The minimum Gasteiger partial charge on any atom is -0.444 e. The average Bonchev–Trinajstić information content (AvgIpc) is 2.72. The minimum atomic E-state index is -0.649. The topological polar surface area (TPSA) is 101 Å². The lowest BCUT2D eigenvalue weighted by atomic mass is 9.81. The van der Waals surface area contributed by atoms with Crippen LogP contribution in [0, 0.1) is 12.8 Å². The summed E-state index contributed by atoms with van der Waals surface area (Å²) >= 11 is 0. The van der Waals surface area contributed by atoms with Gasteiger partial charge in [0, 0.05) is 37.6 Å². The summed E-state index contributed by atoms with van der Waals surface area (Å²) in [6, 6.07) is 6.97. The van der Waals surface area contributed by atoms with E-state index in [9.17, 15) is 14.4 Å². The van der Waals surface area contributed by atoms with Crippen molar-refractivity contribution in [1.82, 2.24) is 20.5 Å². The van der Waals surface area contributed by atoms with Gasteiger partial charge in [-0.2, -0.15) is 0 Å². The normalized spacial score (nSPS) is 20.7. The zero-order chi connectivity index (χ0) is 24.3. The Morgan fingerprint density at radius 3 is 2.42 bits per heavy atom. The first-order valence-electron chi connectivity index (χ1n) is 11.3. The van der Waals surface area contributed by atoms with E-state index < -0.39 is 17.7 Å². The SMILES string of the molecule is Cc1ccc2cc(C(=O)N[C@H]3CC[C@H](C(=O)N(C)C)C[C@H]3NC(=O)OC(C)(C)C)ncc2c1. The second kappa shape index (κ2) is 9.77. The molecule has 0 radical (unpaired) electrons. The highest BCUT2D eigenvalue weighted by molar-refractivity contribution is 5.96. The van der Waals surface area contributed by atoms with Gasteiger partial charge in [-0.1, -0.05) is 17.7 Å². The molecule has 8 heteroatoms. The van der Waals surface area contributed by atoms with E-state index in [0.717, 1.165) is 16.3 Å². The van der Waals surface area contributed by atoms with Crippen LogP contribution < -0.4 is 10.6 Å². The number of rotatable bonds is 4. The second-order valence-electron chi connectivity index (χ2n) is 10.00. The first-order valence-corrected chi connectivity index (χ1v) is 11.3. The summed E-state index contributed by atoms with van der Waals surface area (Å²) < 4.78 is 5.41. The predicted molar refractivity (Wildman–Crippen MR) is 127 cm³/mol. The third-order valence-electron chi connectivity index (χ3n) is 5.77. The maximum absolute atomic E-state index is 13.0. The van der Waals surface area contributed by atoms with E-state index in [1.165, 1.54) is 0 Å². The quantitative estimate of drug-likeness (QED) is 0.737. The number of pyridine rings is 1. The van der Waals surface area contributed by atoms with Crippen LogP contribution in [0.5, 0.6) is 0 Å². The van der Waals surface area contributed by atoms with Gasteiger partial charge in [-0.25, -0.2) is 4.79 Å². The zero-order valence-electron chi connectivity index (χ0n) is 20.3. The lowest BCUT2D eigenvalue weighted by Crippen LogP contribution is -2.56. The molecule has 2 N–H and O–H groups in total. The van der Waals surface area contributed by atoms with Gasteiger partial charge < -0.3 is 20.3 Å². The summed E-state index contributed by atoms with van der Waals surface area (Å²) in [6.07, 6.45) is 2.73. The van der Waals surface area contributed by atoms with Gasteiger partial charge >= 0.3 is 6.09 Å². The van der Waals surface area contributed by atoms with Crippen molar-refractivity contribution in [2.75, 3.05) is 14.1 Å². The molecule has 0 bridgehead atoms. The molecule has 3 amide bonds. The highest BCUT2D eigenvalue weighted by atomic mass is 16.6. The largest absolute Gasteiger partial charge is 0.444 e. The van der Waals surface area contributed by atoms with Gasteiger partial charge in [0.25, 0.3) is 5.91 Å². The van der Waals surface area contributed by atoms with Gasteiger partial charge in [0.1, 0.15) is 11.3 Å². The zero-order valence-corrected chi connectivity index (χ0v) is 20.3. The number of fused-ring (bicyclic) bond motifs is 1. The molecule has 0 saturated heterocycles. The van der Waals surface area contributed by atoms with E-state index in [1.54, 1.807) is 52.0 Å². The van der Waals surface area contributed by atoms with Crippen LogP contribution in [0.1, 0.15) is 56.1 Å². The van der Waals surface area contributed by atoms with E-state index in [-0.39, 0.29) is 23.8 Å². The Morgan fingerprint density at radius 2 is 1.76 bits per heavy atom. The standard InChI is InChI=1S/C25H34N4O4/c1-15-7-8-16-12-21(26-14-18(16)11-15)22(30)27-19-10-9-17(23(31)29(5)6)13-20(19)28-24(32)33-25(2,3)4/h7-8,11-12,14,17,19-20H,9-10,13H2,1-6H3,(H,27,30)(H,28,32)/t17-,19-,20+/m0/s1. The molecular formula is C25H34N4O4. The maximum atomic E-state index is 13.0. The fourth-order valence-corrected chi connectivity index (χ4v) is 4.18. The van der Waals surface area contributed by atoms with Crippen LogP contribution >= 0.6 is 0 Å². The van der Waals surface area contributed by atoms with Gasteiger partial charge in [0.05, 0.1) is 6.04 Å². The molecule has 8 nitrogen and oxygen atoms in total. The Bertz CT molecular complexity index is 1040. The molecule has 0 spiro atoms. The van der Waals surface area contributed by atoms with Gasteiger partial charge in [-0.3, -0.25) is 14.6 Å². The summed E-state index contributed by atoms with van der Waals surface area (Å²) in [5, 5.41) is 7.80. The van der Waals surface area contributed by atoms with Crippen LogP contribution in [0.15, 0.2) is 30.5 Å². The van der Waals surface area contributed by atoms with E-state index in [4.69, 9.17) is 4.74 Å². The van der Waals surface area contributed by atoms with Crippen molar-refractivity contribution in [2.45, 2.75) is 64.6 Å². The number of amides is 3. The third kappa shape index (κ3) is 6.43. The number of benzene rings is 1. The van der Waals surface area contributed by atoms with E-state index in [1.807, 2.05) is 25.1 Å². The van der Waals surface area contributed by atoms with E-state index in [0.29, 0.717) is 25.0 Å². The van der Waals surface area contributed by atoms with E-state index >= 15 is 0 Å². The maximum Gasteiger partial charge on any atom is 0.407 e. The molecule has 1 saturated carbocycles. The number of aryl methyl sites for hydroxylation is 1. The molecule has 1 aliphatic rings. The molecule has 33 heavy (non-hydrogen) atoms. The van der Waals surface area contributed by atoms with Crippen LogP contribution in [-0.4, -0.2) is 59.6 Å². The van der Waals surface area contributed by atoms with Gasteiger partial charge in [0.2, 0.25) is 5.91 Å². The van der Waals surface area contributed by atoms with Crippen molar-refractivity contribution in [3.05, 3.63) is 41.7 Å². The molecule has 178 valence electrons. The highest BCUT2D eigenvalue weighted by Gasteiger charge is 2.37. The number of hydrogen-bond acceptors (Lipinski definition) is 5. The second-order valence-corrected chi connectivity index (χ2v) is 10.00. The lowest BCUT2D eigenvalue weighted by molar-refractivity contribution is -0.134. The fourth-order valence-electron chi connectivity index (χ4n) is 4.18. The Balaban J connectivity index is 1.76. The number of aromatic nitrogens is 1. The first-order chi connectivity index (χ1) is 15.4. The number of nitrogens with zero attached hydrogens (tertiary/aromatic N) is 2. The first kappa shape index (κ1) is 24.5. The van der Waals surface area contributed by atoms with E-state index in [2.05, 4.69) is 15.6 Å². The molecule has 1 heterocycles. The number of carbonyl (C=O) groups is 3. The van der Waals surface area contributed by atoms with Crippen molar-refractivity contribution in [3.63, 3.8) is 0 Å². The Hall–Kier alpha value is -3.16. The van der Waals surface area contributed by atoms with Gasteiger partial charge in [-0.05, 0) is 64.5 Å². The molecule has 1 aromatic heterocycles. The number of ether oxygens (including phenoxy) is 1. The van der Waals surface area contributed by atoms with Crippen molar-refractivity contribution in [1.29, 1.82) is 0 Å². The third-order valence-corrected chi connectivity index (χ3v) is 5.77. The average molecular weight is 455 g/mol. The van der Waals surface area contributed by atoms with Gasteiger partial charge in [-0.15, -0.1) is 0 Å². The van der Waals surface area contributed by atoms with Crippen LogP contribution in [0.2, 0.25) is 0 Å². The van der Waals surface area contributed by atoms with Crippen LogP contribution in [-0.2, 0) is 9.53 Å². The Morgan fingerprint density at radius 1 is 1.03 bits per heavy atom. The van der Waals surface area contributed by atoms with Crippen LogP contribution in [0.4, 0.5) is 4.79 Å². The minimum absolute atomic E-state index is 0.0160. The fraction of sp³-hybridized carbons (Fsp3) is 0.520.